The molecule has 0 saturated heterocycles. The first-order chi connectivity index (χ1) is 11.8. The summed E-state index contributed by atoms with van der Waals surface area (Å²) >= 11 is 1.71. The highest BCUT2D eigenvalue weighted by atomic mass is 32.1. The molecule has 2 heterocycles. The van der Waals surface area contributed by atoms with Gasteiger partial charge in [-0.1, -0.05) is 24.3 Å². The molecule has 0 fully saturated rings. The van der Waals surface area contributed by atoms with Gasteiger partial charge in [0.05, 0.1) is 6.54 Å². The standard InChI is InChI=1S/C19H24N4S/c1-2-20-19(22-14-17-9-12-24-15-17)21-13-16-5-7-18(8-6-16)23-10-3-4-11-23/h3-9,12,15H,2,10-11,13-14H2,1H3,(H2,20,21,22). The van der Waals surface area contributed by atoms with E-state index in [0.29, 0.717) is 6.54 Å². The third-order valence-corrected chi connectivity index (χ3v) is 4.66. The monoisotopic (exact) mass is 340 g/mol. The topological polar surface area (TPSA) is 39.7 Å². The Bertz CT molecular complexity index is 666. The van der Waals surface area contributed by atoms with Crippen LogP contribution < -0.4 is 15.5 Å². The van der Waals surface area contributed by atoms with Crippen molar-refractivity contribution in [2.24, 2.45) is 4.99 Å². The van der Waals surface area contributed by atoms with E-state index in [9.17, 15) is 0 Å². The summed E-state index contributed by atoms with van der Waals surface area (Å²) in [6, 6.07) is 10.9. The van der Waals surface area contributed by atoms with Gasteiger partial charge in [-0.15, -0.1) is 0 Å². The number of aliphatic imine (C=N–C) groups is 1. The fourth-order valence-electron chi connectivity index (χ4n) is 2.59. The Balaban J connectivity index is 1.54. The molecule has 1 aliphatic rings. The molecule has 2 aromatic rings. The molecule has 0 unspecified atom stereocenters. The molecule has 0 spiro atoms. The molecule has 1 aromatic heterocycles. The van der Waals surface area contributed by atoms with Gasteiger partial charge in [-0.05, 0) is 47.0 Å². The summed E-state index contributed by atoms with van der Waals surface area (Å²) in [4.78, 5) is 6.99. The van der Waals surface area contributed by atoms with Crippen molar-refractivity contribution in [3.63, 3.8) is 0 Å². The zero-order valence-electron chi connectivity index (χ0n) is 14.0. The molecule has 2 N–H and O–H groups in total. The van der Waals surface area contributed by atoms with Gasteiger partial charge in [0.15, 0.2) is 5.96 Å². The molecular weight excluding hydrogens is 316 g/mol. The van der Waals surface area contributed by atoms with Gasteiger partial charge in [-0.2, -0.15) is 11.3 Å². The molecule has 0 radical (unpaired) electrons. The molecule has 1 aliphatic heterocycles. The molecule has 0 saturated carbocycles. The van der Waals surface area contributed by atoms with Crippen molar-refractivity contribution in [1.82, 2.24) is 10.6 Å². The number of benzene rings is 1. The summed E-state index contributed by atoms with van der Waals surface area (Å²) < 4.78 is 0. The number of nitrogens with one attached hydrogen (secondary N) is 2. The highest BCUT2D eigenvalue weighted by Gasteiger charge is 2.07. The van der Waals surface area contributed by atoms with Crippen LogP contribution in [-0.4, -0.2) is 25.6 Å². The molecule has 0 aliphatic carbocycles. The van der Waals surface area contributed by atoms with E-state index in [2.05, 4.69) is 80.7 Å². The normalized spacial score (nSPS) is 14.2. The lowest BCUT2D eigenvalue weighted by atomic mass is 10.2. The number of anilines is 1. The Morgan fingerprint density at radius 3 is 2.54 bits per heavy atom. The van der Waals surface area contributed by atoms with Gasteiger partial charge in [0, 0.05) is 31.9 Å². The fourth-order valence-corrected chi connectivity index (χ4v) is 3.25. The van der Waals surface area contributed by atoms with Crippen molar-refractivity contribution in [2.75, 3.05) is 24.5 Å². The van der Waals surface area contributed by atoms with Gasteiger partial charge in [0.1, 0.15) is 0 Å². The van der Waals surface area contributed by atoms with E-state index >= 15 is 0 Å². The summed E-state index contributed by atoms with van der Waals surface area (Å²) in [5, 5.41) is 10.9. The SMILES string of the molecule is CCNC(=NCc1ccsc1)NCc1ccc(N2CC=CC2)cc1. The van der Waals surface area contributed by atoms with E-state index < -0.39 is 0 Å². The minimum atomic E-state index is 0.708. The van der Waals surface area contributed by atoms with Crippen LogP contribution in [0.2, 0.25) is 0 Å². The Morgan fingerprint density at radius 1 is 1.08 bits per heavy atom. The predicted molar refractivity (Wildman–Crippen MR) is 104 cm³/mol. The lowest BCUT2D eigenvalue weighted by Gasteiger charge is -2.18. The zero-order valence-corrected chi connectivity index (χ0v) is 14.9. The summed E-state index contributed by atoms with van der Waals surface area (Å²) in [7, 11) is 0. The summed E-state index contributed by atoms with van der Waals surface area (Å²) in [6.07, 6.45) is 4.42. The first-order valence-electron chi connectivity index (χ1n) is 8.37. The second-order valence-corrected chi connectivity index (χ2v) is 6.50. The number of nitrogens with zero attached hydrogens (tertiary/aromatic N) is 2. The number of guanidine groups is 1. The van der Waals surface area contributed by atoms with Crippen LogP contribution in [0.4, 0.5) is 5.69 Å². The van der Waals surface area contributed by atoms with Gasteiger partial charge in [0.25, 0.3) is 0 Å². The molecule has 24 heavy (non-hydrogen) atoms. The first-order valence-corrected chi connectivity index (χ1v) is 9.31. The predicted octanol–water partition coefficient (Wildman–Crippen LogP) is 3.38. The van der Waals surface area contributed by atoms with Crippen LogP contribution in [0.1, 0.15) is 18.1 Å². The molecule has 0 atom stereocenters. The highest BCUT2D eigenvalue weighted by Crippen LogP contribution is 2.17. The van der Waals surface area contributed by atoms with Crippen LogP contribution in [0.25, 0.3) is 0 Å². The largest absolute Gasteiger partial charge is 0.364 e. The second-order valence-electron chi connectivity index (χ2n) is 5.72. The molecule has 3 rings (SSSR count). The van der Waals surface area contributed by atoms with E-state index in [1.807, 2.05) is 0 Å². The summed E-state index contributed by atoms with van der Waals surface area (Å²) in [6.45, 7) is 6.44. The number of thiophene rings is 1. The molecule has 5 heteroatoms. The van der Waals surface area contributed by atoms with E-state index in [4.69, 9.17) is 0 Å². The van der Waals surface area contributed by atoms with Crippen molar-refractivity contribution in [2.45, 2.75) is 20.0 Å². The van der Waals surface area contributed by atoms with Crippen LogP contribution in [0.5, 0.6) is 0 Å². The average molecular weight is 340 g/mol. The summed E-state index contributed by atoms with van der Waals surface area (Å²) in [5.41, 5.74) is 3.79. The molecule has 0 bridgehead atoms. The fraction of sp³-hybridized carbons (Fsp3) is 0.316. The molecule has 126 valence electrons. The van der Waals surface area contributed by atoms with Gasteiger partial charge in [0.2, 0.25) is 0 Å². The van der Waals surface area contributed by atoms with Gasteiger partial charge in [-0.25, -0.2) is 4.99 Å². The third-order valence-electron chi connectivity index (χ3n) is 3.92. The van der Waals surface area contributed by atoms with Crippen LogP contribution in [0.15, 0.2) is 58.2 Å². The Labute approximate surface area is 147 Å². The van der Waals surface area contributed by atoms with E-state index in [1.54, 1.807) is 11.3 Å². The number of hydrogen-bond acceptors (Lipinski definition) is 3. The van der Waals surface area contributed by atoms with Crippen molar-refractivity contribution >= 4 is 23.0 Å². The van der Waals surface area contributed by atoms with Crippen molar-refractivity contribution < 1.29 is 0 Å². The highest BCUT2D eigenvalue weighted by molar-refractivity contribution is 7.07. The lowest BCUT2D eigenvalue weighted by molar-refractivity contribution is 0.816. The third kappa shape index (κ3) is 4.61. The van der Waals surface area contributed by atoms with Crippen molar-refractivity contribution in [3.8, 4) is 0 Å². The minimum absolute atomic E-state index is 0.708. The molecule has 1 aromatic carbocycles. The Morgan fingerprint density at radius 2 is 1.88 bits per heavy atom. The maximum atomic E-state index is 4.64. The molecule has 0 amide bonds. The first kappa shape index (κ1) is 16.6. The van der Waals surface area contributed by atoms with Crippen LogP contribution in [0.3, 0.4) is 0 Å². The average Bonchev–Trinajstić information content (AvgIpc) is 3.31. The van der Waals surface area contributed by atoms with Gasteiger partial charge < -0.3 is 15.5 Å². The van der Waals surface area contributed by atoms with Gasteiger partial charge in [-0.3, -0.25) is 0 Å². The second kappa shape index (κ2) is 8.55. The van der Waals surface area contributed by atoms with Crippen molar-refractivity contribution in [3.05, 3.63) is 64.4 Å². The molecule has 4 nitrogen and oxygen atoms in total. The lowest BCUT2D eigenvalue weighted by Crippen LogP contribution is -2.36. The van der Waals surface area contributed by atoms with Crippen LogP contribution >= 0.6 is 11.3 Å². The van der Waals surface area contributed by atoms with E-state index in [1.165, 1.54) is 16.8 Å². The molecular formula is C19H24N4S. The summed E-state index contributed by atoms with van der Waals surface area (Å²) in [5.74, 6) is 0.858. The maximum absolute atomic E-state index is 4.64. The maximum Gasteiger partial charge on any atom is 0.191 e. The Kier molecular flexibility index (Phi) is 5.90. The smallest absolute Gasteiger partial charge is 0.191 e. The Hall–Kier alpha value is -2.27. The van der Waals surface area contributed by atoms with E-state index in [-0.39, 0.29) is 0 Å². The van der Waals surface area contributed by atoms with E-state index in [0.717, 1.165) is 32.1 Å². The number of rotatable bonds is 6. The number of hydrogen-bond donors (Lipinski definition) is 2. The van der Waals surface area contributed by atoms with Gasteiger partial charge >= 0.3 is 0 Å². The minimum Gasteiger partial charge on any atom is -0.364 e. The van der Waals surface area contributed by atoms with Crippen LogP contribution in [0, 0.1) is 0 Å². The zero-order chi connectivity index (χ0) is 16.6. The van der Waals surface area contributed by atoms with Crippen molar-refractivity contribution in [1.29, 1.82) is 0 Å². The quantitative estimate of drug-likeness (QED) is 0.481. The van der Waals surface area contributed by atoms with Crippen LogP contribution in [-0.2, 0) is 13.1 Å².